The van der Waals surface area contributed by atoms with Gasteiger partial charge in [-0.15, -0.1) is 0 Å². The Morgan fingerprint density at radius 3 is 2.33 bits per heavy atom. The molecule has 0 amide bonds. The van der Waals surface area contributed by atoms with Crippen molar-refractivity contribution >= 4 is 0 Å². The van der Waals surface area contributed by atoms with Crippen molar-refractivity contribution in [3.8, 4) is 0 Å². The summed E-state index contributed by atoms with van der Waals surface area (Å²) in [6.07, 6.45) is 4.73. The second-order valence-corrected chi connectivity index (χ2v) is 4.03. The first-order chi connectivity index (χ1) is 5.70. The van der Waals surface area contributed by atoms with Gasteiger partial charge < -0.3 is 10.5 Å². The number of hydrogen-bond donors (Lipinski definition) is 1. The smallest absolute Gasteiger partial charge is 0.0646 e. The molecule has 0 aromatic rings. The molecule has 0 aromatic carbocycles. The predicted molar refractivity (Wildman–Crippen MR) is 51.0 cm³/mol. The Kier molecular flexibility index (Phi) is 3.53. The molecule has 2 N–H and O–H groups in total. The minimum absolute atomic E-state index is 0.0745. The van der Waals surface area contributed by atoms with E-state index in [-0.39, 0.29) is 5.54 Å². The third kappa shape index (κ3) is 3.11. The summed E-state index contributed by atoms with van der Waals surface area (Å²) < 4.78 is 5.58. The van der Waals surface area contributed by atoms with Crippen LogP contribution in [-0.2, 0) is 4.74 Å². The molecular formula is C10H21NO. The highest BCUT2D eigenvalue weighted by atomic mass is 16.5. The van der Waals surface area contributed by atoms with Crippen molar-refractivity contribution in [3.05, 3.63) is 0 Å². The molecule has 0 aliphatic heterocycles. The van der Waals surface area contributed by atoms with Gasteiger partial charge in [-0.3, -0.25) is 0 Å². The van der Waals surface area contributed by atoms with Gasteiger partial charge in [0.1, 0.15) is 0 Å². The summed E-state index contributed by atoms with van der Waals surface area (Å²) in [5, 5.41) is 0. The molecule has 0 aromatic heterocycles. The van der Waals surface area contributed by atoms with Crippen molar-refractivity contribution in [2.75, 3.05) is 13.2 Å². The first kappa shape index (κ1) is 10.0. The average molecular weight is 171 g/mol. The van der Waals surface area contributed by atoms with E-state index in [2.05, 4.69) is 13.8 Å². The van der Waals surface area contributed by atoms with E-state index in [4.69, 9.17) is 10.5 Å². The Hall–Kier alpha value is -0.0800. The second kappa shape index (κ2) is 4.24. The van der Waals surface area contributed by atoms with Crippen molar-refractivity contribution in [2.45, 2.75) is 45.1 Å². The topological polar surface area (TPSA) is 35.2 Å². The lowest BCUT2D eigenvalue weighted by Crippen LogP contribution is -2.43. The van der Waals surface area contributed by atoms with Gasteiger partial charge in [0.25, 0.3) is 0 Å². The van der Waals surface area contributed by atoms with Gasteiger partial charge in [-0.2, -0.15) is 0 Å². The van der Waals surface area contributed by atoms with E-state index in [0.717, 1.165) is 32.0 Å². The first-order valence-electron chi connectivity index (χ1n) is 5.07. The Morgan fingerprint density at radius 1 is 1.33 bits per heavy atom. The molecule has 1 aliphatic rings. The highest BCUT2D eigenvalue weighted by molar-refractivity contribution is 4.81. The highest BCUT2D eigenvalue weighted by Gasteiger charge is 2.24. The van der Waals surface area contributed by atoms with Crippen molar-refractivity contribution in [1.29, 1.82) is 0 Å². The van der Waals surface area contributed by atoms with E-state index in [9.17, 15) is 0 Å². The van der Waals surface area contributed by atoms with Crippen LogP contribution in [0.2, 0.25) is 0 Å². The molecule has 0 atom stereocenters. The fourth-order valence-electron chi connectivity index (χ4n) is 1.17. The van der Waals surface area contributed by atoms with Crippen LogP contribution in [0, 0.1) is 5.92 Å². The third-order valence-corrected chi connectivity index (χ3v) is 2.85. The normalized spacial score (nSPS) is 18.2. The summed E-state index contributed by atoms with van der Waals surface area (Å²) in [6.45, 7) is 5.92. The highest BCUT2D eigenvalue weighted by Crippen LogP contribution is 2.29. The molecule has 2 heteroatoms. The van der Waals surface area contributed by atoms with Gasteiger partial charge in [-0.25, -0.2) is 0 Å². The quantitative estimate of drug-likeness (QED) is 0.662. The Bertz CT molecular complexity index is 128. The summed E-state index contributed by atoms with van der Waals surface area (Å²) >= 11 is 0. The van der Waals surface area contributed by atoms with Crippen molar-refractivity contribution in [3.63, 3.8) is 0 Å². The first-order valence-corrected chi connectivity index (χ1v) is 5.07. The lowest BCUT2D eigenvalue weighted by molar-refractivity contribution is 0.0739. The molecule has 0 radical (unpaired) electrons. The summed E-state index contributed by atoms with van der Waals surface area (Å²) in [6, 6.07) is 0. The van der Waals surface area contributed by atoms with Crippen LogP contribution in [0.4, 0.5) is 0 Å². The lowest BCUT2D eigenvalue weighted by atomic mass is 9.96. The molecule has 0 heterocycles. The molecule has 0 spiro atoms. The third-order valence-electron chi connectivity index (χ3n) is 2.85. The maximum absolute atomic E-state index is 6.08. The fraction of sp³-hybridized carbons (Fsp3) is 1.00. The molecule has 0 unspecified atom stereocenters. The van der Waals surface area contributed by atoms with Gasteiger partial charge in [-0.1, -0.05) is 13.8 Å². The van der Waals surface area contributed by atoms with Gasteiger partial charge in [0, 0.05) is 12.1 Å². The van der Waals surface area contributed by atoms with Crippen LogP contribution >= 0.6 is 0 Å². The minimum atomic E-state index is -0.0745. The zero-order valence-corrected chi connectivity index (χ0v) is 8.31. The molecule has 1 aliphatic carbocycles. The number of rotatable bonds is 6. The standard InChI is InChI=1S/C10H21NO/c1-3-10(11,4-2)8-12-7-9-5-6-9/h9H,3-8,11H2,1-2H3. The van der Waals surface area contributed by atoms with Gasteiger partial charge in [-0.05, 0) is 31.6 Å². The monoisotopic (exact) mass is 171 g/mol. The van der Waals surface area contributed by atoms with Crippen LogP contribution in [-0.4, -0.2) is 18.8 Å². The van der Waals surface area contributed by atoms with Gasteiger partial charge in [0.2, 0.25) is 0 Å². The predicted octanol–water partition coefficient (Wildman–Crippen LogP) is 1.93. The van der Waals surface area contributed by atoms with E-state index in [1.54, 1.807) is 0 Å². The van der Waals surface area contributed by atoms with Gasteiger partial charge in [0.05, 0.1) is 6.61 Å². The number of ether oxygens (including phenoxy) is 1. The molecule has 12 heavy (non-hydrogen) atoms. The zero-order valence-electron chi connectivity index (χ0n) is 8.31. The molecule has 1 rings (SSSR count). The van der Waals surface area contributed by atoms with Crippen LogP contribution in [0.5, 0.6) is 0 Å². The van der Waals surface area contributed by atoms with Gasteiger partial charge in [0.15, 0.2) is 0 Å². The molecule has 1 saturated carbocycles. The Balaban J connectivity index is 2.08. The summed E-state index contributed by atoms with van der Waals surface area (Å²) in [7, 11) is 0. The van der Waals surface area contributed by atoms with Crippen molar-refractivity contribution < 1.29 is 4.74 Å². The summed E-state index contributed by atoms with van der Waals surface area (Å²) in [5.41, 5.74) is 6.00. The van der Waals surface area contributed by atoms with Crippen molar-refractivity contribution in [2.24, 2.45) is 11.7 Å². The average Bonchev–Trinajstić information content (AvgIpc) is 2.88. The number of hydrogen-bond acceptors (Lipinski definition) is 2. The minimum Gasteiger partial charge on any atom is -0.379 e. The Morgan fingerprint density at radius 2 is 1.92 bits per heavy atom. The Labute approximate surface area is 75.5 Å². The second-order valence-electron chi connectivity index (χ2n) is 4.03. The molecular weight excluding hydrogens is 150 g/mol. The maximum atomic E-state index is 6.08. The van der Waals surface area contributed by atoms with E-state index in [1.807, 2.05) is 0 Å². The largest absolute Gasteiger partial charge is 0.379 e. The number of nitrogens with two attached hydrogens (primary N) is 1. The lowest BCUT2D eigenvalue weighted by Gasteiger charge is -2.26. The SMILES string of the molecule is CCC(N)(CC)COCC1CC1. The van der Waals surface area contributed by atoms with Crippen LogP contribution in [0.3, 0.4) is 0 Å². The van der Waals surface area contributed by atoms with E-state index in [0.29, 0.717) is 0 Å². The fourth-order valence-corrected chi connectivity index (χ4v) is 1.17. The van der Waals surface area contributed by atoms with Gasteiger partial charge >= 0.3 is 0 Å². The molecule has 72 valence electrons. The zero-order chi connectivity index (χ0) is 9.03. The van der Waals surface area contributed by atoms with Crippen LogP contribution in [0.1, 0.15) is 39.5 Å². The van der Waals surface area contributed by atoms with E-state index >= 15 is 0 Å². The van der Waals surface area contributed by atoms with Crippen LogP contribution < -0.4 is 5.73 Å². The molecule has 0 saturated heterocycles. The molecule has 2 nitrogen and oxygen atoms in total. The van der Waals surface area contributed by atoms with Crippen molar-refractivity contribution in [1.82, 2.24) is 0 Å². The summed E-state index contributed by atoms with van der Waals surface area (Å²) in [5.74, 6) is 0.850. The van der Waals surface area contributed by atoms with E-state index in [1.165, 1.54) is 12.8 Å². The molecule has 0 bridgehead atoms. The summed E-state index contributed by atoms with van der Waals surface area (Å²) in [4.78, 5) is 0. The van der Waals surface area contributed by atoms with E-state index < -0.39 is 0 Å². The molecule has 1 fully saturated rings. The van der Waals surface area contributed by atoms with Crippen LogP contribution in [0.25, 0.3) is 0 Å². The maximum Gasteiger partial charge on any atom is 0.0646 e. The van der Waals surface area contributed by atoms with Crippen LogP contribution in [0.15, 0.2) is 0 Å².